The van der Waals surface area contributed by atoms with Gasteiger partial charge in [0.15, 0.2) is 15.9 Å². The number of carbonyl (C=O) groups is 4. The van der Waals surface area contributed by atoms with Crippen LogP contribution in [0.25, 0.3) is 0 Å². The summed E-state index contributed by atoms with van der Waals surface area (Å²) in [6.45, 7) is 3.39. The van der Waals surface area contributed by atoms with E-state index in [2.05, 4.69) is 0 Å². The molecule has 3 heterocycles. The summed E-state index contributed by atoms with van der Waals surface area (Å²) >= 11 is 0. The topological polar surface area (TPSA) is 131 Å². The van der Waals surface area contributed by atoms with Crippen molar-refractivity contribution in [3.63, 3.8) is 0 Å². The number of hydrogen-bond acceptors (Lipinski definition) is 8. The number of likely N-dealkylation sites (N-methyl/N-ethyl adjacent to an activating group) is 1. The minimum Gasteiger partial charge on any atom is -0.467 e. The molecule has 1 saturated heterocycles. The second-order valence-electron chi connectivity index (χ2n) is 8.26. The SMILES string of the molecule is CCN(C(=O)[C@H](C)OC(=O)c1ccc2c(c1)C(=O)N(Cc1ccco1)C2=O)[C@@H]1CCS(=O)(=O)C1. The Morgan fingerprint density at radius 1 is 1.21 bits per heavy atom. The highest BCUT2D eigenvalue weighted by atomic mass is 32.2. The monoisotopic (exact) mass is 488 g/mol. The molecule has 2 aromatic rings. The molecule has 0 unspecified atom stereocenters. The molecule has 3 amide bonds. The number of esters is 1. The minimum absolute atomic E-state index is 0.0193. The molecular weight excluding hydrogens is 464 g/mol. The van der Waals surface area contributed by atoms with Gasteiger partial charge in [-0.15, -0.1) is 0 Å². The van der Waals surface area contributed by atoms with Crippen LogP contribution in [-0.2, 0) is 25.9 Å². The molecule has 0 radical (unpaired) electrons. The number of furan rings is 1. The Kier molecular flexibility index (Phi) is 6.30. The predicted molar refractivity (Wildman–Crippen MR) is 119 cm³/mol. The van der Waals surface area contributed by atoms with Crippen molar-refractivity contribution in [1.29, 1.82) is 0 Å². The lowest BCUT2D eigenvalue weighted by molar-refractivity contribution is -0.141. The van der Waals surface area contributed by atoms with Crippen molar-refractivity contribution in [2.24, 2.45) is 0 Å². The van der Waals surface area contributed by atoms with Crippen molar-refractivity contribution >= 4 is 33.5 Å². The minimum atomic E-state index is -3.18. The highest BCUT2D eigenvalue weighted by Crippen LogP contribution is 2.26. The average molecular weight is 489 g/mol. The molecule has 11 heteroatoms. The summed E-state index contributed by atoms with van der Waals surface area (Å²) in [5.41, 5.74) is 0.249. The molecule has 34 heavy (non-hydrogen) atoms. The number of carbonyl (C=O) groups excluding carboxylic acids is 4. The van der Waals surface area contributed by atoms with Gasteiger partial charge in [-0.3, -0.25) is 19.3 Å². The Morgan fingerprint density at radius 3 is 2.56 bits per heavy atom. The normalized spacial score (nSPS) is 19.7. The third-order valence-corrected chi connectivity index (χ3v) is 7.76. The summed E-state index contributed by atoms with van der Waals surface area (Å²) in [7, 11) is -3.18. The zero-order valence-electron chi connectivity index (χ0n) is 18.7. The summed E-state index contributed by atoms with van der Waals surface area (Å²) < 4.78 is 34.1. The molecule has 0 aliphatic carbocycles. The highest BCUT2D eigenvalue weighted by Gasteiger charge is 2.38. The van der Waals surface area contributed by atoms with Crippen molar-refractivity contribution in [2.75, 3.05) is 18.1 Å². The molecule has 4 rings (SSSR count). The van der Waals surface area contributed by atoms with Gasteiger partial charge in [0.2, 0.25) is 0 Å². The molecule has 2 aliphatic heterocycles. The number of hydrogen-bond donors (Lipinski definition) is 0. The van der Waals surface area contributed by atoms with Crippen molar-refractivity contribution in [2.45, 2.75) is 39.0 Å². The van der Waals surface area contributed by atoms with Gasteiger partial charge in [0.25, 0.3) is 17.7 Å². The van der Waals surface area contributed by atoms with Gasteiger partial charge in [-0.1, -0.05) is 0 Å². The van der Waals surface area contributed by atoms with Gasteiger partial charge in [-0.05, 0) is 50.6 Å². The third kappa shape index (κ3) is 4.47. The Bertz CT molecular complexity index is 1250. The van der Waals surface area contributed by atoms with Gasteiger partial charge in [0.1, 0.15) is 5.76 Å². The molecular formula is C23H24N2O8S. The third-order valence-electron chi connectivity index (χ3n) is 6.00. The maximum atomic E-state index is 12.9. The van der Waals surface area contributed by atoms with E-state index in [9.17, 15) is 27.6 Å². The number of ether oxygens (including phenoxy) is 1. The number of amides is 3. The van der Waals surface area contributed by atoms with Crippen LogP contribution in [-0.4, -0.2) is 72.1 Å². The predicted octanol–water partition coefficient (Wildman–Crippen LogP) is 1.66. The van der Waals surface area contributed by atoms with Gasteiger partial charge in [0, 0.05) is 12.6 Å². The van der Waals surface area contributed by atoms with Gasteiger partial charge in [0.05, 0.1) is 41.0 Å². The van der Waals surface area contributed by atoms with Crippen molar-refractivity contribution < 1.29 is 36.7 Å². The summed E-state index contributed by atoms with van der Waals surface area (Å²) in [5, 5.41) is 0. The van der Waals surface area contributed by atoms with E-state index in [1.165, 1.54) is 36.3 Å². The molecule has 0 bridgehead atoms. The summed E-state index contributed by atoms with van der Waals surface area (Å²) in [6, 6.07) is 6.86. The summed E-state index contributed by atoms with van der Waals surface area (Å²) in [4.78, 5) is 53.4. The zero-order chi connectivity index (χ0) is 24.6. The molecule has 2 atom stereocenters. The molecule has 10 nitrogen and oxygen atoms in total. The van der Waals surface area contributed by atoms with E-state index in [-0.39, 0.29) is 41.3 Å². The quantitative estimate of drug-likeness (QED) is 0.425. The zero-order valence-corrected chi connectivity index (χ0v) is 19.5. The number of nitrogens with zero attached hydrogens (tertiary/aromatic N) is 2. The van der Waals surface area contributed by atoms with Crippen LogP contribution in [0.1, 0.15) is 57.1 Å². The Morgan fingerprint density at radius 2 is 1.94 bits per heavy atom. The molecule has 0 saturated carbocycles. The van der Waals surface area contributed by atoms with E-state index in [1.807, 2.05) is 0 Å². The largest absolute Gasteiger partial charge is 0.467 e. The number of sulfone groups is 1. The summed E-state index contributed by atoms with van der Waals surface area (Å²) in [6.07, 6.45) is 0.629. The number of imide groups is 1. The molecule has 1 fully saturated rings. The van der Waals surface area contributed by atoms with Crippen LogP contribution in [0.3, 0.4) is 0 Å². The van der Waals surface area contributed by atoms with Crippen LogP contribution < -0.4 is 0 Å². The van der Waals surface area contributed by atoms with Crippen LogP contribution in [0.2, 0.25) is 0 Å². The van der Waals surface area contributed by atoms with Crippen molar-refractivity contribution in [3.05, 3.63) is 59.0 Å². The second-order valence-corrected chi connectivity index (χ2v) is 10.5. The van der Waals surface area contributed by atoms with Crippen LogP contribution in [0.5, 0.6) is 0 Å². The maximum Gasteiger partial charge on any atom is 0.338 e. The first kappa shape index (κ1) is 23.7. The van der Waals surface area contributed by atoms with Crippen molar-refractivity contribution in [1.82, 2.24) is 9.80 Å². The number of fused-ring (bicyclic) bond motifs is 1. The van der Waals surface area contributed by atoms with E-state index < -0.39 is 45.7 Å². The molecule has 1 aromatic carbocycles. The second kappa shape index (κ2) is 9.05. The fourth-order valence-electron chi connectivity index (χ4n) is 4.25. The fraction of sp³-hybridized carbons (Fsp3) is 0.391. The number of rotatable bonds is 7. The fourth-order valence-corrected chi connectivity index (χ4v) is 5.98. The highest BCUT2D eigenvalue weighted by molar-refractivity contribution is 7.91. The van der Waals surface area contributed by atoms with Gasteiger partial charge in [-0.25, -0.2) is 13.2 Å². The Balaban J connectivity index is 1.45. The van der Waals surface area contributed by atoms with Crippen LogP contribution in [0.15, 0.2) is 41.0 Å². The van der Waals surface area contributed by atoms with Gasteiger partial charge < -0.3 is 14.1 Å². The Labute approximate surface area is 196 Å². The average Bonchev–Trinajstić information content (AvgIpc) is 3.50. The van der Waals surface area contributed by atoms with E-state index in [0.29, 0.717) is 12.2 Å². The lowest BCUT2D eigenvalue weighted by atomic mass is 10.1. The van der Waals surface area contributed by atoms with E-state index in [1.54, 1.807) is 19.1 Å². The smallest absolute Gasteiger partial charge is 0.338 e. The molecule has 2 aliphatic rings. The van der Waals surface area contributed by atoms with Crippen molar-refractivity contribution in [3.8, 4) is 0 Å². The van der Waals surface area contributed by atoms with Crippen LogP contribution in [0.4, 0.5) is 0 Å². The number of benzene rings is 1. The Hall–Kier alpha value is -3.47. The van der Waals surface area contributed by atoms with Crippen LogP contribution in [0, 0.1) is 0 Å². The standard InChI is InChI=1S/C23H24N2O8S/c1-3-24(16-8-10-34(30,31)13-16)20(26)14(2)33-23(29)15-6-7-18-19(11-15)22(28)25(21(18)27)12-17-5-4-9-32-17/h4-7,9,11,14,16H,3,8,10,12-13H2,1-2H3/t14-,16+/m0/s1. The van der Waals surface area contributed by atoms with Gasteiger partial charge >= 0.3 is 5.97 Å². The first-order chi connectivity index (χ1) is 16.1. The molecule has 0 spiro atoms. The summed E-state index contributed by atoms with van der Waals surface area (Å²) in [5.74, 6) is -2.02. The lowest BCUT2D eigenvalue weighted by Gasteiger charge is -2.29. The molecule has 180 valence electrons. The van der Waals surface area contributed by atoms with E-state index in [0.717, 1.165) is 4.90 Å². The lowest BCUT2D eigenvalue weighted by Crippen LogP contribution is -2.46. The van der Waals surface area contributed by atoms with E-state index >= 15 is 0 Å². The first-order valence-electron chi connectivity index (χ1n) is 10.9. The molecule has 1 aromatic heterocycles. The first-order valence-corrected chi connectivity index (χ1v) is 12.7. The van der Waals surface area contributed by atoms with Gasteiger partial charge in [-0.2, -0.15) is 0 Å². The maximum absolute atomic E-state index is 12.9. The molecule has 0 N–H and O–H groups in total. The van der Waals surface area contributed by atoms with E-state index in [4.69, 9.17) is 9.15 Å². The van der Waals surface area contributed by atoms with Crippen LogP contribution >= 0.6 is 0 Å².